The molecule has 1 N–H and O–H groups in total. The smallest absolute Gasteiger partial charge is 0.434 e. The standard InChI is InChI=1S/C21H27NO5.C10H9ClN4S/c1-5-26-20(24)27-18-17(16-12-13(2)6-7-14(16)3)19(23)22-21(18)10-8-15(25-4)9-11-21;11-9-2-1-8(5-13-9)6-15-3-4-16-10(15)14-7-12/h6-7,12,15H,5,8-11H2,1-4H3,(H,22,23);1-2,5H,3-4,6H2/b;14-10-/t15-,21+;. The SMILES string of the molecule is CCOC(=O)OC1=C(c2cc(C)ccc2C)C(=O)N[C@]12CC[C@@H](OC)CC2.N#C/N=C1\SCCN1Cc1ccc(Cl)nc1. The molecule has 5 rings (SSSR count). The highest BCUT2D eigenvalue weighted by atomic mass is 35.5. The Kier molecular flexibility index (Phi) is 11.1. The number of nitriles is 1. The summed E-state index contributed by atoms with van der Waals surface area (Å²) in [7, 11) is 1.70. The second kappa shape index (κ2) is 14.7. The van der Waals surface area contributed by atoms with Gasteiger partial charge in [-0.15, -0.1) is 4.99 Å². The first kappa shape index (κ1) is 32.3. The number of amides is 1. The fourth-order valence-corrected chi connectivity index (χ4v) is 6.48. The number of halogens is 1. The lowest BCUT2D eigenvalue weighted by molar-refractivity contribution is -0.116. The predicted molar refractivity (Wildman–Crippen MR) is 166 cm³/mol. The Morgan fingerprint density at radius 1 is 1.28 bits per heavy atom. The van der Waals surface area contributed by atoms with Crippen LogP contribution in [0, 0.1) is 25.3 Å². The first-order valence-electron chi connectivity index (χ1n) is 14.2. The van der Waals surface area contributed by atoms with E-state index in [0.29, 0.717) is 29.3 Å². The maximum Gasteiger partial charge on any atom is 0.513 e. The number of carbonyl (C=O) groups is 2. The molecule has 12 heteroatoms. The van der Waals surface area contributed by atoms with Crippen molar-refractivity contribution in [2.24, 2.45) is 4.99 Å². The van der Waals surface area contributed by atoms with E-state index in [-0.39, 0.29) is 18.6 Å². The van der Waals surface area contributed by atoms with Gasteiger partial charge in [-0.1, -0.05) is 53.2 Å². The molecule has 0 unspecified atom stereocenters. The van der Waals surface area contributed by atoms with E-state index in [1.807, 2.05) is 44.3 Å². The van der Waals surface area contributed by atoms with E-state index in [2.05, 4.69) is 20.2 Å². The topological polar surface area (TPSA) is 126 Å². The fourth-order valence-electron chi connectivity index (χ4n) is 5.43. The number of methoxy groups -OCH3 is 1. The third-order valence-electron chi connectivity index (χ3n) is 7.64. The van der Waals surface area contributed by atoms with Crippen LogP contribution in [-0.2, 0) is 25.5 Å². The zero-order valence-corrected chi connectivity index (χ0v) is 26.4. The number of hydrogen-bond acceptors (Lipinski definition) is 9. The van der Waals surface area contributed by atoms with E-state index in [1.165, 1.54) is 0 Å². The summed E-state index contributed by atoms with van der Waals surface area (Å²) in [5, 5.41) is 12.9. The summed E-state index contributed by atoms with van der Waals surface area (Å²) in [5.41, 5.74) is 3.59. The zero-order valence-electron chi connectivity index (χ0n) is 24.8. The number of nitrogens with one attached hydrogen (secondary N) is 1. The molecule has 10 nitrogen and oxygen atoms in total. The van der Waals surface area contributed by atoms with Crippen molar-refractivity contribution in [3.05, 3.63) is 69.7 Å². The number of thioether (sulfide) groups is 1. The number of pyridine rings is 1. The maximum absolute atomic E-state index is 13.0. The van der Waals surface area contributed by atoms with Gasteiger partial charge in [-0.2, -0.15) is 5.26 Å². The highest BCUT2D eigenvalue weighted by Gasteiger charge is 2.50. The molecule has 2 aromatic rings. The van der Waals surface area contributed by atoms with E-state index >= 15 is 0 Å². The van der Waals surface area contributed by atoms with Gasteiger partial charge < -0.3 is 24.4 Å². The van der Waals surface area contributed by atoms with E-state index in [9.17, 15) is 9.59 Å². The second-order valence-electron chi connectivity index (χ2n) is 10.5. The predicted octanol–water partition coefficient (Wildman–Crippen LogP) is 5.77. The average Bonchev–Trinajstić information content (AvgIpc) is 3.53. The van der Waals surface area contributed by atoms with Crippen molar-refractivity contribution in [2.45, 2.75) is 64.6 Å². The molecule has 1 aromatic carbocycles. The number of amidine groups is 1. The molecule has 0 bridgehead atoms. The van der Waals surface area contributed by atoms with E-state index in [1.54, 1.807) is 38.1 Å². The van der Waals surface area contributed by atoms with Crippen LogP contribution in [0.1, 0.15) is 54.9 Å². The molecule has 1 aromatic heterocycles. The molecule has 228 valence electrons. The summed E-state index contributed by atoms with van der Waals surface area (Å²) in [6.07, 6.45) is 5.82. The van der Waals surface area contributed by atoms with Crippen LogP contribution in [0.5, 0.6) is 0 Å². The zero-order chi connectivity index (χ0) is 31.0. The summed E-state index contributed by atoms with van der Waals surface area (Å²) in [4.78, 5) is 35.0. The molecular formula is C31H36ClN5O5S. The average molecular weight is 626 g/mol. The van der Waals surface area contributed by atoms with E-state index in [0.717, 1.165) is 59.1 Å². The number of nitrogens with zero attached hydrogens (tertiary/aromatic N) is 4. The molecule has 2 fully saturated rings. The lowest BCUT2D eigenvalue weighted by Gasteiger charge is -2.37. The number of ether oxygens (including phenoxy) is 3. The third kappa shape index (κ3) is 7.88. The summed E-state index contributed by atoms with van der Waals surface area (Å²) >= 11 is 7.32. The van der Waals surface area contributed by atoms with Crippen LogP contribution < -0.4 is 5.32 Å². The summed E-state index contributed by atoms with van der Waals surface area (Å²) in [6.45, 7) is 7.49. The number of aliphatic imine (C=N–C) groups is 1. The van der Waals surface area contributed by atoms with Crippen LogP contribution >= 0.6 is 23.4 Å². The van der Waals surface area contributed by atoms with E-state index in [4.69, 9.17) is 31.1 Å². The number of aryl methyl sites for hydroxylation is 2. The van der Waals surface area contributed by atoms with Gasteiger partial charge in [0, 0.05) is 32.1 Å². The minimum atomic E-state index is -0.778. The van der Waals surface area contributed by atoms with Crippen molar-refractivity contribution in [1.29, 1.82) is 5.26 Å². The number of benzene rings is 1. The van der Waals surface area contributed by atoms with Gasteiger partial charge >= 0.3 is 6.16 Å². The van der Waals surface area contributed by atoms with Crippen LogP contribution in [0.25, 0.3) is 5.57 Å². The molecule has 1 amide bonds. The normalized spacial score (nSPS) is 22.2. The number of rotatable bonds is 6. The molecule has 1 aliphatic carbocycles. The van der Waals surface area contributed by atoms with Crippen LogP contribution in [-0.4, -0.2) is 64.8 Å². The van der Waals surface area contributed by atoms with Crippen molar-refractivity contribution in [1.82, 2.24) is 15.2 Å². The van der Waals surface area contributed by atoms with Gasteiger partial charge in [-0.25, -0.2) is 9.78 Å². The maximum atomic E-state index is 13.0. The van der Waals surface area contributed by atoms with Gasteiger partial charge in [0.2, 0.25) is 6.19 Å². The number of aromatic nitrogens is 1. The Morgan fingerprint density at radius 3 is 2.70 bits per heavy atom. The van der Waals surface area contributed by atoms with Crippen molar-refractivity contribution in [3.63, 3.8) is 0 Å². The number of carbonyl (C=O) groups excluding carboxylic acids is 2. The molecule has 43 heavy (non-hydrogen) atoms. The Labute approximate surface area is 261 Å². The molecule has 0 radical (unpaired) electrons. The van der Waals surface area contributed by atoms with Crippen molar-refractivity contribution in [3.8, 4) is 6.19 Å². The summed E-state index contributed by atoms with van der Waals surface area (Å²) in [5.74, 6) is 1.15. The van der Waals surface area contributed by atoms with Gasteiger partial charge in [0.25, 0.3) is 5.91 Å². The largest absolute Gasteiger partial charge is 0.513 e. The monoisotopic (exact) mass is 625 g/mol. The van der Waals surface area contributed by atoms with Crippen LogP contribution in [0.15, 0.2) is 47.3 Å². The summed E-state index contributed by atoms with van der Waals surface area (Å²) in [6, 6.07) is 9.62. The van der Waals surface area contributed by atoms with Gasteiger partial charge in [0.15, 0.2) is 5.17 Å². The molecule has 1 saturated heterocycles. The fraction of sp³-hybridized carbons (Fsp3) is 0.452. The minimum Gasteiger partial charge on any atom is -0.434 e. The molecular weight excluding hydrogens is 590 g/mol. The van der Waals surface area contributed by atoms with Crippen molar-refractivity contribution in [2.75, 3.05) is 26.0 Å². The van der Waals surface area contributed by atoms with Crippen LogP contribution in [0.2, 0.25) is 5.15 Å². The molecule has 3 heterocycles. The Hall–Kier alpha value is -3.59. The molecule has 2 aliphatic heterocycles. The second-order valence-corrected chi connectivity index (χ2v) is 12.0. The minimum absolute atomic E-state index is 0.154. The number of hydrogen-bond donors (Lipinski definition) is 1. The van der Waals surface area contributed by atoms with Gasteiger partial charge in [-0.3, -0.25) is 4.79 Å². The third-order valence-corrected chi connectivity index (χ3v) is 8.86. The highest BCUT2D eigenvalue weighted by molar-refractivity contribution is 8.14. The van der Waals surface area contributed by atoms with Crippen molar-refractivity contribution < 1.29 is 23.8 Å². The quantitative estimate of drug-likeness (QED) is 0.242. The Balaban J connectivity index is 0.000000225. The van der Waals surface area contributed by atoms with E-state index < -0.39 is 11.7 Å². The first-order valence-corrected chi connectivity index (χ1v) is 15.5. The van der Waals surface area contributed by atoms with Gasteiger partial charge in [0.05, 0.1) is 23.8 Å². The van der Waals surface area contributed by atoms with Crippen LogP contribution in [0.3, 0.4) is 0 Å². The summed E-state index contributed by atoms with van der Waals surface area (Å²) < 4.78 is 16.1. The Morgan fingerprint density at radius 2 is 2.05 bits per heavy atom. The Bertz CT molecular complexity index is 1430. The first-order chi connectivity index (χ1) is 20.7. The molecule has 0 atom stereocenters. The van der Waals surface area contributed by atoms with Crippen LogP contribution in [0.4, 0.5) is 4.79 Å². The van der Waals surface area contributed by atoms with Gasteiger partial charge in [-0.05, 0) is 69.2 Å². The van der Waals surface area contributed by atoms with Crippen molar-refractivity contribution >= 4 is 46.2 Å². The lowest BCUT2D eigenvalue weighted by atomic mass is 9.79. The molecule has 3 aliphatic rings. The molecule has 1 saturated carbocycles. The highest BCUT2D eigenvalue weighted by Crippen LogP contribution is 2.44. The molecule has 1 spiro atoms. The van der Waals surface area contributed by atoms with Gasteiger partial charge in [0.1, 0.15) is 10.9 Å². The lowest BCUT2D eigenvalue weighted by Crippen LogP contribution is -2.49.